The molecule has 0 aromatic heterocycles. The normalized spacial score (nSPS) is 17.3. The van der Waals surface area contributed by atoms with Crippen molar-refractivity contribution in [2.45, 2.75) is 26.1 Å². The first-order valence-electron chi connectivity index (χ1n) is 3.07. The molecule has 3 heteroatoms. The summed E-state index contributed by atoms with van der Waals surface area (Å²) < 4.78 is 4.95. The third-order valence-electron chi connectivity index (χ3n) is 0.879. The highest BCUT2D eigenvalue weighted by molar-refractivity contribution is 4.47. The van der Waals surface area contributed by atoms with Crippen molar-refractivity contribution in [2.75, 3.05) is 13.2 Å². The van der Waals surface area contributed by atoms with Gasteiger partial charge in [0, 0.05) is 0 Å². The maximum atomic E-state index is 8.69. The highest BCUT2D eigenvalue weighted by Gasteiger charge is 2.00. The monoisotopic (exact) mass is 134 g/mol. The van der Waals surface area contributed by atoms with Gasteiger partial charge in [0.05, 0.1) is 25.4 Å². The zero-order valence-electron chi connectivity index (χ0n) is 5.87. The standard InChI is InChI=1S/C6H14O3/c1-5(8)4-9-6(2)3-7/h5-8H,3-4H2,1-2H3/t5-,6+/m0/s1. The number of aliphatic hydroxyl groups is 2. The fraction of sp³-hybridized carbons (Fsp3) is 1.00. The predicted octanol–water partition coefficient (Wildman–Crippen LogP) is -0.235. The van der Waals surface area contributed by atoms with E-state index in [2.05, 4.69) is 0 Å². The van der Waals surface area contributed by atoms with Crippen molar-refractivity contribution in [3.8, 4) is 0 Å². The summed E-state index contributed by atoms with van der Waals surface area (Å²) in [6, 6.07) is 0. The number of hydrogen-bond donors (Lipinski definition) is 2. The van der Waals surface area contributed by atoms with E-state index in [1.807, 2.05) is 0 Å². The fourth-order valence-corrected chi connectivity index (χ4v) is 0.356. The Morgan fingerprint density at radius 3 is 2.33 bits per heavy atom. The summed E-state index contributed by atoms with van der Waals surface area (Å²) >= 11 is 0. The van der Waals surface area contributed by atoms with Crippen LogP contribution in [-0.2, 0) is 4.74 Å². The lowest BCUT2D eigenvalue weighted by atomic mass is 10.4. The largest absolute Gasteiger partial charge is 0.394 e. The summed E-state index contributed by atoms with van der Waals surface area (Å²) in [4.78, 5) is 0. The molecule has 0 bridgehead atoms. The van der Waals surface area contributed by atoms with E-state index in [0.29, 0.717) is 6.61 Å². The third-order valence-corrected chi connectivity index (χ3v) is 0.879. The SMILES string of the molecule is C[C@H](O)CO[C@H](C)CO. The second-order valence-electron chi connectivity index (χ2n) is 2.18. The predicted molar refractivity (Wildman–Crippen MR) is 34.2 cm³/mol. The zero-order chi connectivity index (χ0) is 7.28. The molecule has 2 atom stereocenters. The van der Waals surface area contributed by atoms with Gasteiger partial charge in [-0.25, -0.2) is 0 Å². The van der Waals surface area contributed by atoms with Gasteiger partial charge in [-0.15, -0.1) is 0 Å². The van der Waals surface area contributed by atoms with Crippen molar-refractivity contribution in [2.24, 2.45) is 0 Å². The van der Waals surface area contributed by atoms with Gasteiger partial charge in [-0.1, -0.05) is 0 Å². The van der Waals surface area contributed by atoms with E-state index in [4.69, 9.17) is 14.9 Å². The van der Waals surface area contributed by atoms with Crippen LogP contribution in [-0.4, -0.2) is 35.6 Å². The van der Waals surface area contributed by atoms with Crippen molar-refractivity contribution in [1.29, 1.82) is 0 Å². The smallest absolute Gasteiger partial charge is 0.0779 e. The van der Waals surface area contributed by atoms with Crippen LogP contribution in [0.3, 0.4) is 0 Å². The van der Waals surface area contributed by atoms with E-state index in [-0.39, 0.29) is 12.7 Å². The average Bonchev–Trinajstić information content (AvgIpc) is 1.83. The van der Waals surface area contributed by atoms with E-state index >= 15 is 0 Å². The van der Waals surface area contributed by atoms with Crippen molar-refractivity contribution in [3.05, 3.63) is 0 Å². The van der Waals surface area contributed by atoms with Crippen LogP contribution in [0.5, 0.6) is 0 Å². The van der Waals surface area contributed by atoms with Crippen LogP contribution in [0.4, 0.5) is 0 Å². The summed E-state index contributed by atoms with van der Waals surface area (Å²) in [7, 11) is 0. The van der Waals surface area contributed by atoms with Gasteiger partial charge in [0.2, 0.25) is 0 Å². The van der Waals surface area contributed by atoms with Gasteiger partial charge < -0.3 is 14.9 Å². The minimum absolute atomic E-state index is 0.00667. The summed E-state index contributed by atoms with van der Waals surface area (Å²) in [5.74, 6) is 0. The summed E-state index contributed by atoms with van der Waals surface area (Å²) in [6.07, 6.45) is -0.612. The molecule has 0 saturated carbocycles. The van der Waals surface area contributed by atoms with Crippen LogP contribution in [0.1, 0.15) is 13.8 Å². The van der Waals surface area contributed by atoms with Crippen molar-refractivity contribution >= 4 is 0 Å². The van der Waals surface area contributed by atoms with Gasteiger partial charge in [-0.3, -0.25) is 0 Å². The van der Waals surface area contributed by atoms with Gasteiger partial charge in [0.25, 0.3) is 0 Å². The molecular weight excluding hydrogens is 120 g/mol. The Labute approximate surface area is 55.3 Å². The van der Waals surface area contributed by atoms with Gasteiger partial charge in [-0.05, 0) is 13.8 Å². The molecule has 0 fully saturated rings. The van der Waals surface area contributed by atoms with Gasteiger partial charge in [0.1, 0.15) is 0 Å². The number of aliphatic hydroxyl groups excluding tert-OH is 2. The molecule has 0 aromatic rings. The van der Waals surface area contributed by atoms with Gasteiger partial charge in [0.15, 0.2) is 0 Å². The lowest BCUT2D eigenvalue weighted by Crippen LogP contribution is -2.19. The van der Waals surface area contributed by atoms with Crippen LogP contribution in [0.2, 0.25) is 0 Å². The van der Waals surface area contributed by atoms with Crippen molar-refractivity contribution in [1.82, 2.24) is 0 Å². The Hall–Kier alpha value is -0.120. The number of hydrogen-bond acceptors (Lipinski definition) is 3. The van der Waals surface area contributed by atoms with Gasteiger partial charge >= 0.3 is 0 Å². The Kier molecular flexibility index (Phi) is 4.67. The molecule has 3 nitrogen and oxygen atoms in total. The Morgan fingerprint density at radius 1 is 1.44 bits per heavy atom. The molecule has 0 aliphatic carbocycles. The van der Waals surface area contributed by atoms with Crippen LogP contribution in [0.25, 0.3) is 0 Å². The first kappa shape index (κ1) is 8.88. The lowest BCUT2D eigenvalue weighted by molar-refractivity contribution is -0.0177. The quantitative estimate of drug-likeness (QED) is 0.558. The molecule has 0 radical (unpaired) electrons. The topological polar surface area (TPSA) is 49.7 Å². The highest BCUT2D eigenvalue weighted by Crippen LogP contribution is 1.90. The Balaban J connectivity index is 3.06. The maximum absolute atomic E-state index is 8.69. The summed E-state index contributed by atoms with van der Waals surface area (Å²) in [5.41, 5.74) is 0. The molecule has 0 rings (SSSR count). The molecule has 56 valence electrons. The number of ether oxygens (including phenoxy) is 1. The van der Waals surface area contributed by atoms with Crippen LogP contribution >= 0.6 is 0 Å². The third kappa shape index (κ3) is 5.76. The molecule has 0 heterocycles. The molecule has 0 amide bonds. The first-order valence-corrected chi connectivity index (χ1v) is 3.07. The maximum Gasteiger partial charge on any atom is 0.0779 e. The molecule has 2 N–H and O–H groups in total. The van der Waals surface area contributed by atoms with E-state index in [1.165, 1.54) is 0 Å². The first-order chi connectivity index (χ1) is 4.16. The Morgan fingerprint density at radius 2 is 2.00 bits per heavy atom. The molecule has 0 aliphatic heterocycles. The minimum atomic E-state index is -0.445. The van der Waals surface area contributed by atoms with Crippen molar-refractivity contribution in [3.63, 3.8) is 0 Å². The Bertz CT molecular complexity index is 63.3. The zero-order valence-corrected chi connectivity index (χ0v) is 5.87. The molecule has 0 saturated heterocycles. The summed E-state index contributed by atoms with van der Waals surface area (Å²) in [6.45, 7) is 3.70. The fourth-order valence-electron chi connectivity index (χ4n) is 0.356. The highest BCUT2D eigenvalue weighted by atomic mass is 16.5. The van der Waals surface area contributed by atoms with Crippen LogP contribution < -0.4 is 0 Å². The number of rotatable bonds is 4. The van der Waals surface area contributed by atoms with E-state index in [0.717, 1.165) is 0 Å². The molecular formula is C6H14O3. The van der Waals surface area contributed by atoms with Gasteiger partial charge in [-0.2, -0.15) is 0 Å². The molecule has 0 spiro atoms. The van der Waals surface area contributed by atoms with Crippen molar-refractivity contribution < 1.29 is 14.9 Å². The van der Waals surface area contributed by atoms with E-state index in [9.17, 15) is 0 Å². The van der Waals surface area contributed by atoms with Crippen LogP contribution in [0, 0.1) is 0 Å². The lowest BCUT2D eigenvalue weighted by Gasteiger charge is -2.10. The van der Waals surface area contributed by atoms with E-state index < -0.39 is 6.10 Å². The van der Waals surface area contributed by atoms with E-state index in [1.54, 1.807) is 13.8 Å². The minimum Gasteiger partial charge on any atom is -0.394 e. The van der Waals surface area contributed by atoms with Crippen LogP contribution in [0.15, 0.2) is 0 Å². The second kappa shape index (κ2) is 4.73. The molecule has 0 aromatic carbocycles. The molecule has 0 unspecified atom stereocenters. The second-order valence-corrected chi connectivity index (χ2v) is 2.18. The molecule has 0 aliphatic rings. The average molecular weight is 134 g/mol. The molecule has 9 heavy (non-hydrogen) atoms. The summed E-state index contributed by atoms with van der Waals surface area (Å²) in [5, 5.41) is 17.1.